The van der Waals surface area contributed by atoms with Gasteiger partial charge in [-0.15, -0.1) is 0 Å². The normalized spacial score (nSPS) is 15.3. The highest BCUT2D eigenvalue weighted by Gasteiger charge is 2.29. The van der Waals surface area contributed by atoms with Gasteiger partial charge in [0.2, 0.25) is 0 Å². The van der Waals surface area contributed by atoms with E-state index >= 15 is 0 Å². The van der Waals surface area contributed by atoms with E-state index in [9.17, 15) is 4.79 Å². The van der Waals surface area contributed by atoms with E-state index in [1.165, 1.54) is 5.56 Å². The molecule has 2 rings (SSSR count). The Hall–Kier alpha value is -1.31. The SMILES string of the molecule is Cc1ccc(C(=O)N(C)C2CC2)cc1. The lowest BCUT2D eigenvalue weighted by molar-refractivity contribution is 0.0785. The molecule has 74 valence electrons. The lowest BCUT2D eigenvalue weighted by atomic mass is 10.1. The Morgan fingerprint density at radius 2 is 1.86 bits per heavy atom. The van der Waals surface area contributed by atoms with E-state index in [4.69, 9.17) is 0 Å². The molecule has 1 amide bonds. The van der Waals surface area contributed by atoms with Gasteiger partial charge in [0.15, 0.2) is 0 Å². The van der Waals surface area contributed by atoms with Gasteiger partial charge in [-0.05, 0) is 31.9 Å². The van der Waals surface area contributed by atoms with Gasteiger partial charge in [-0.1, -0.05) is 17.7 Å². The largest absolute Gasteiger partial charge is 0.339 e. The number of carbonyl (C=O) groups is 1. The smallest absolute Gasteiger partial charge is 0.253 e. The predicted octanol–water partition coefficient (Wildman–Crippen LogP) is 2.23. The number of rotatable bonds is 2. The molecule has 0 aliphatic heterocycles. The lowest BCUT2D eigenvalue weighted by Gasteiger charge is -2.16. The quantitative estimate of drug-likeness (QED) is 0.698. The summed E-state index contributed by atoms with van der Waals surface area (Å²) in [5, 5.41) is 0. The van der Waals surface area contributed by atoms with Crippen LogP contribution in [0.25, 0.3) is 0 Å². The zero-order valence-electron chi connectivity index (χ0n) is 8.66. The molecule has 14 heavy (non-hydrogen) atoms. The van der Waals surface area contributed by atoms with Crippen LogP contribution in [-0.2, 0) is 0 Å². The van der Waals surface area contributed by atoms with E-state index in [0.717, 1.165) is 18.4 Å². The molecule has 0 N–H and O–H groups in total. The lowest BCUT2D eigenvalue weighted by Crippen LogP contribution is -2.28. The number of aryl methyl sites for hydroxylation is 1. The molecule has 0 heterocycles. The zero-order chi connectivity index (χ0) is 10.1. The number of hydrogen-bond acceptors (Lipinski definition) is 1. The molecule has 1 aliphatic rings. The number of nitrogens with zero attached hydrogens (tertiary/aromatic N) is 1. The van der Waals surface area contributed by atoms with Crippen LogP contribution in [0, 0.1) is 6.92 Å². The van der Waals surface area contributed by atoms with Crippen molar-refractivity contribution in [3.63, 3.8) is 0 Å². The molecule has 1 aromatic carbocycles. The minimum atomic E-state index is 0.146. The van der Waals surface area contributed by atoms with Crippen LogP contribution in [0.15, 0.2) is 24.3 Å². The maximum Gasteiger partial charge on any atom is 0.253 e. The van der Waals surface area contributed by atoms with E-state index in [1.54, 1.807) is 0 Å². The van der Waals surface area contributed by atoms with Gasteiger partial charge in [-0.2, -0.15) is 0 Å². The van der Waals surface area contributed by atoms with Gasteiger partial charge in [-0.3, -0.25) is 4.79 Å². The first-order valence-corrected chi connectivity index (χ1v) is 5.02. The van der Waals surface area contributed by atoms with Crippen molar-refractivity contribution in [2.24, 2.45) is 0 Å². The molecule has 0 radical (unpaired) electrons. The molecule has 2 heteroatoms. The van der Waals surface area contributed by atoms with E-state index < -0.39 is 0 Å². The molecular weight excluding hydrogens is 174 g/mol. The van der Waals surface area contributed by atoms with Gasteiger partial charge in [0.05, 0.1) is 0 Å². The van der Waals surface area contributed by atoms with Gasteiger partial charge >= 0.3 is 0 Å². The highest BCUT2D eigenvalue weighted by molar-refractivity contribution is 5.94. The van der Waals surface area contributed by atoms with Crippen LogP contribution in [0.1, 0.15) is 28.8 Å². The summed E-state index contributed by atoms with van der Waals surface area (Å²) in [6.07, 6.45) is 2.32. The summed E-state index contributed by atoms with van der Waals surface area (Å²) in [4.78, 5) is 13.7. The molecule has 0 unspecified atom stereocenters. The average Bonchev–Trinajstić information content (AvgIpc) is 3.00. The van der Waals surface area contributed by atoms with Gasteiger partial charge in [0.25, 0.3) is 5.91 Å². The summed E-state index contributed by atoms with van der Waals surface area (Å²) in [5.41, 5.74) is 1.99. The Balaban J connectivity index is 2.13. The van der Waals surface area contributed by atoms with Gasteiger partial charge in [0, 0.05) is 18.7 Å². The molecule has 1 aliphatic carbocycles. The van der Waals surface area contributed by atoms with Gasteiger partial charge < -0.3 is 4.90 Å². The van der Waals surface area contributed by atoms with Crippen molar-refractivity contribution in [1.82, 2.24) is 4.90 Å². The first-order valence-electron chi connectivity index (χ1n) is 5.02. The van der Waals surface area contributed by atoms with Crippen LogP contribution >= 0.6 is 0 Å². The molecular formula is C12H15NO. The topological polar surface area (TPSA) is 20.3 Å². The third-order valence-corrected chi connectivity index (χ3v) is 2.71. The van der Waals surface area contributed by atoms with Crippen molar-refractivity contribution in [2.75, 3.05) is 7.05 Å². The number of benzene rings is 1. The monoisotopic (exact) mass is 189 g/mol. The molecule has 2 nitrogen and oxygen atoms in total. The molecule has 1 aromatic rings. The molecule has 0 saturated heterocycles. The van der Waals surface area contributed by atoms with Crippen LogP contribution in [0.5, 0.6) is 0 Å². The summed E-state index contributed by atoms with van der Waals surface area (Å²) in [6.45, 7) is 2.03. The fourth-order valence-electron chi connectivity index (χ4n) is 1.53. The Labute approximate surface area is 84.5 Å². The van der Waals surface area contributed by atoms with E-state index in [0.29, 0.717) is 6.04 Å². The van der Waals surface area contributed by atoms with Crippen LogP contribution < -0.4 is 0 Å². The van der Waals surface area contributed by atoms with Crippen LogP contribution in [-0.4, -0.2) is 23.9 Å². The van der Waals surface area contributed by atoms with E-state index in [-0.39, 0.29) is 5.91 Å². The zero-order valence-corrected chi connectivity index (χ0v) is 8.66. The highest BCUT2D eigenvalue weighted by Crippen LogP contribution is 2.26. The summed E-state index contributed by atoms with van der Waals surface area (Å²) < 4.78 is 0. The molecule has 1 fully saturated rings. The van der Waals surface area contributed by atoms with Gasteiger partial charge in [-0.25, -0.2) is 0 Å². The molecule has 0 spiro atoms. The van der Waals surface area contributed by atoms with Gasteiger partial charge in [0.1, 0.15) is 0 Å². The Bertz CT molecular complexity index is 338. The Morgan fingerprint density at radius 1 is 1.29 bits per heavy atom. The number of carbonyl (C=O) groups excluding carboxylic acids is 1. The minimum absolute atomic E-state index is 0.146. The third kappa shape index (κ3) is 1.79. The van der Waals surface area contributed by atoms with Crippen LogP contribution in [0.2, 0.25) is 0 Å². The van der Waals surface area contributed by atoms with Crippen molar-refractivity contribution in [3.05, 3.63) is 35.4 Å². The molecule has 0 atom stereocenters. The fraction of sp³-hybridized carbons (Fsp3) is 0.417. The third-order valence-electron chi connectivity index (χ3n) is 2.71. The standard InChI is InChI=1S/C12H15NO/c1-9-3-5-10(6-4-9)12(14)13(2)11-7-8-11/h3-6,11H,7-8H2,1-2H3. The minimum Gasteiger partial charge on any atom is -0.339 e. The first-order chi connectivity index (χ1) is 6.68. The second-order valence-corrected chi connectivity index (χ2v) is 4.01. The van der Waals surface area contributed by atoms with Crippen LogP contribution in [0.3, 0.4) is 0 Å². The maximum absolute atomic E-state index is 11.9. The average molecular weight is 189 g/mol. The van der Waals surface area contributed by atoms with Crippen molar-refractivity contribution in [1.29, 1.82) is 0 Å². The summed E-state index contributed by atoms with van der Waals surface area (Å²) >= 11 is 0. The second kappa shape index (κ2) is 3.45. The molecule has 1 saturated carbocycles. The predicted molar refractivity (Wildman–Crippen MR) is 56.3 cm³/mol. The van der Waals surface area contributed by atoms with Crippen LogP contribution in [0.4, 0.5) is 0 Å². The van der Waals surface area contributed by atoms with Crippen molar-refractivity contribution in [2.45, 2.75) is 25.8 Å². The van der Waals surface area contributed by atoms with E-state index in [2.05, 4.69) is 0 Å². The summed E-state index contributed by atoms with van der Waals surface area (Å²) in [6, 6.07) is 8.25. The van der Waals surface area contributed by atoms with Crippen molar-refractivity contribution < 1.29 is 4.79 Å². The first kappa shape index (κ1) is 9.25. The van der Waals surface area contributed by atoms with E-state index in [1.807, 2.05) is 43.1 Å². The highest BCUT2D eigenvalue weighted by atomic mass is 16.2. The fourth-order valence-corrected chi connectivity index (χ4v) is 1.53. The number of hydrogen-bond donors (Lipinski definition) is 0. The summed E-state index contributed by atoms with van der Waals surface area (Å²) in [5.74, 6) is 0.146. The van der Waals surface area contributed by atoms with Crippen molar-refractivity contribution >= 4 is 5.91 Å². The molecule has 0 aromatic heterocycles. The second-order valence-electron chi connectivity index (χ2n) is 4.01. The van der Waals surface area contributed by atoms with Crippen molar-refractivity contribution in [3.8, 4) is 0 Å². The molecule has 0 bridgehead atoms. The summed E-state index contributed by atoms with van der Waals surface area (Å²) in [7, 11) is 1.89. The number of amides is 1. The Morgan fingerprint density at radius 3 is 2.36 bits per heavy atom. The Kier molecular flexibility index (Phi) is 2.28. The maximum atomic E-state index is 11.9.